The van der Waals surface area contributed by atoms with Crippen LogP contribution in [0.3, 0.4) is 0 Å². The SMILES string of the molecule is COC(=O)C1CNCc2[nH]ncc21.Cl.Cl. The van der Waals surface area contributed by atoms with Crippen molar-refractivity contribution < 1.29 is 9.53 Å². The maximum atomic E-state index is 11.3. The Hall–Kier alpha value is -0.780. The molecule has 2 N–H and O–H groups in total. The summed E-state index contributed by atoms with van der Waals surface area (Å²) in [7, 11) is 1.40. The number of carbonyl (C=O) groups is 1. The molecule has 0 bridgehead atoms. The molecule has 5 nitrogen and oxygen atoms in total. The number of aromatic amines is 1. The van der Waals surface area contributed by atoms with Crippen LogP contribution >= 0.6 is 24.8 Å². The van der Waals surface area contributed by atoms with Crippen molar-refractivity contribution in [3.63, 3.8) is 0 Å². The highest BCUT2D eigenvalue weighted by molar-refractivity contribution is 5.85. The summed E-state index contributed by atoms with van der Waals surface area (Å²) >= 11 is 0. The van der Waals surface area contributed by atoms with E-state index in [-0.39, 0.29) is 36.7 Å². The number of ether oxygens (including phenoxy) is 1. The van der Waals surface area contributed by atoms with Gasteiger partial charge >= 0.3 is 5.97 Å². The Morgan fingerprint density at radius 2 is 2.33 bits per heavy atom. The van der Waals surface area contributed by atoms with Gasteiger partial charge in [-0.05, 0) is 0 Å². The number of H-pyrrole nitrogens is 1. The van der Waals surface area contributed by atoms with Gasteiger partial charge in [-0.15, -0.1) is 24.8 Å². The van der Waals surface area contributed by atoms with Gasteiger partial charge in [0.25, 0.3) is 0 Å². The molecule has 0 aromatic carbocycles. The molecule has 2 heterocycles. The molecular weight excluding hydrogens is 241 g/mol. The number of esters is 1. The first-order valence-corrected chi connectivity index (χ1v) is 4.13. The highest BCUT2D eigenvalue weighted by Crippen LogP contribution is 2.22. The van der Waals surface area contributed by atoms with E-state index in [0.717, 1.165) is 17.8 Å². The van der Waals surface area contributed by atoms with Gasteiger partial charge in [-0.3, -0.25) is 9.89 Å². The van der Waals surface area contributed by atoms with Gasteiger partial charge in [0.05, 0.1) is 24.9 Å². The second-order valence-electron chi connectivity index (χ2n) is 3.01. The summed E-state index contributed by atoms with van der Waals surface area (Å²) in [6.07, 6.45) is 1.69. The van der Waals surface area contributed by atoms with Crippen molar-refractivity contribution >= 4 is 30.8 Å². The molecule has 0 radical (unpaired) electrons. The average molecular weight is 254 g/mol. The van der Waals surface area contributed by atoms with Crippen molar-refractivity contribution in [2.75, 3.05) is 13.7 Å². The third-order valence-electron chi connectivity index (χ3n) is 2.26. The van der Waals surface area contributed by atoms with Crippen molar-refractivity contribution in [3.05, 3.63) is 17.5 Å². The Bertz CT molecular complexity index is 329. The van der Waals surface area contributed by atoms with Crippen molar-refractivity contribution in [1.29, 1.82) is 0 Å². The molecule has 1 aromatic rings. The Balaban J connectivity index is 0.000000980. The fourth-order valence-corrected chi connectivity index (χ4v) is 1.57. The molecule has 1 aliphatic heterocycles. The predicted molar refractivity (Wildman–Crippen MR) is 59.5 cm³/mol. The minimum absolute atomic E-state index is 0. The number of nitrogens with zero attached hydrogens (tertiary/aromatic N) is 1. The molecule has 1 aromatic heterocycles. The molecule has 1 aliphatic rings. The van der Waals surface area contributed by atoms with Crippen molar-refractivity contribution in [3.8, 4) is 0 Å². The topological polar surface area (TPSA) is 67.0 Å². The second-order valence-corrected chi connectivity index (χ2v) is 3.01. The quantitative estimate of drug-likeness (QED) is 0.721. The van der Waals surface area contributed by atoms with Crippen LogP contribution in [0.4, 0.5) is 0 Å². The molecule has 0 fully saturated rings. The van der Waals surface area contributed by atoms with Crippen LogP contribution in [0.1, 0.15) is 17.2 Å². The van der Waals surface area contributed by atoms with Crippen LogP contribution in [0.5, 0.6) is 0 Å². The van der Waals surface area contributed by atoms with E-state index in [1.807, 2.05) is 0 Å². The van der Waals surface area contributed by atoms with Gasteiger partial charge in [-0.2, -0.15) is 5.10 Å². The maximum absolute atomic E-state index is 11.3. The van der Waals surface area contributed by atoms with Gasteiger partial charge in [0.2, 0.25) is 0 Å². The zero-order valence-corrected chi connectivity index (χ0v) is 9.78. The van der Waals surface area contributed by atoms with E-state index in [1.165, 1.54) is 7.11 Å². The Labute approximate surface area is 99.8 Å². The number of aromatic nitrogens is 2. The molecule has 0 amide bonds. The van der Waals surface area contributed by atoms with E-state index < -0.39 is 0 Å². The molecule has 2 rings (SSSR count). The van der Waals surface area contributed by atoms with Crippen LogP contribution in [0.15, 0.2) is 6.20 Å². The lowest BCUT2D eigenvalue weighted by Gasteiger charge is -2.20. The van der Waals surface area contributed by atoms with E-state index in [9.17, 15) is 4.79 Å². The number of carbonyl (C=O) groups excluding carboxylic acids is 1. The van der Waals surface area contributed by atoms with Gasteiger partial charge < -0.3 is 10.1 Å². The van der Waals surface area contributed by atoms with Gasteiger partial charge in [-0.1, -0.05) is 0 Å². The van der Waals surface area contributed by atoms with Crippen molar-refractivity contribution in [2.45, 2.75) is 12.5 Å². The van der Waals surface area contributed by atoms with Gasteiger partial charge in [0, 0.05) is 18.7 Å². The zero-order valence-electron chi connectivity index (χ0n) is 8.15. The van der Waals surface area contributed by atoms with E-state index in [4.69, 9.17) is 4.74 Å². The largest absolute Gasteiger partial charge is 0.469 e. The fraction of sp³-hybridized carbons (Fsp3) is 0.500. The van der Waals surface area contributed by atoms with Crippen LogP contribution in [0, 0.1) is 0 Å². The zero-order chi connectivity index (χ0) is 9.26. The fourth-order valence-electron chi connectivity index (χ4n) is 1.57. The van der Waals surface area contributed by atoms with Crippen LogP contribution < -0.4 is 5.32 Å². The molecule has 1 atom stereocenters. The number of halogens is 2. The monoisotopic (exact) mass is 253 g/mol. The lowest BCUT2D eigenvalue weighted by atomic mass is 9.97. The Kier molecular flexibility index (Phi) is 5.64. The first kappa shape index (κ1) is 14.2. The predicted octanol–water partition coefficient (Wildman–Crippen LogP) is 0.613. The molecule has 7 heteroatoms. The summed E-state index contributed by atoms with van der Waals surface area (Å²) in [4.78, 5) is 11.3. The standard InChI is InChI=1S/C8H11N3O2.2ClH/c1-13-8(12)6-2-9-4-7-5(6)3-10-11-7;;/h3,6,9H,2,4H2,1H3,(H,10,11);2*1H. The molecule has 1 unspecified atom stereocenters. The smallest absolute Gasteiger partial charge is 0.314 e. The lowest BCUT2D eigenvalue weighted by molar-refractivity contribution is -0.142. The number of rotatable bonds is 1. The molecule has 15 heavy (non-hydrogen) atoms. The van der Waals surface area contributed by atoms with Crippen LogP contribution in [0.2, 0.25) is 0 Å². The molecule has 86 valence electrons. The van der Waals surface area contributed by atoms with Crippen LogP contribution in [-0.4, -0.2) is 29.8 Å². The Morgan fingerprint density at radius 3 is 3.00 bits per heavy atom. The molecule has 0 saturated carbocycles. The average Bonchev–Trinajstić information content (AvgIpc) is 2.63. The minimum atomic E-state index is -0.215. The van der Waals surface area contributed by atoms with E-state index in [1.54, 1.807) is 6.20 Å². The third-order valence-corrected chi connectivity index (χ3v) is 2.26. The van der Waals surface area contributed by atoms with Gasteiger partial charge in [0.1, 0.15) is 0 Å². The summed E-state index contributed by atoms with van der Waals surface area (Å²) in [5, 5.41) is 9.86. The van der Waals surface area contributed by atoms with Gasteiger partial charge in [0.15, 0.2) is 0 Å². The molecule has 0 spiro atoms. The van der Waals surface area contributed by atoms with E-state index in [0.29, 0.717) is 6.54 Å². The lowest BCUT2D eigenvalue weighted by Crippen LogP contribution is -2.32. The normalized spacial score (nSPS) is 18.1. The van der Waals surface area contributed by atoms with E-state index >= 15 is 0 Å². The molecule has 0 saturated heterocycles. The number of hydrogen-bond acceptors (Lipinski definition) is 4. The van der Waals surface area contributed by atoms with E-state index in [2.05, 4.69) is 15.5 Å². The first-order chi connectivity index (χ1) is 6.33. The number of fused-ring (bicyclic) bond motifs is 1. The maximum Gasteiger partial charge on any atom is 0.314 e. The Morgan fingerprint density at radius 1 is 1.60 bits per heavy atom. The second kappa shape index (κ2) is 5.95. The number of nitrogens with one attached hydrogen (secondary N) is 2. The van der Waals surface area contributed by atoms with Crippen LogP contribution in [0.25, 0.3) is 0 Å². The summed E-state index contributed by atoms with van der Waals surface area (Å²) in [5.74, 6) is -0.428. The van der Waals surface area contributed by atoms with Crippen LogP contribution in [-0.2, 0) is 16.1 Å². The van der Waals surface area contributed by atoms with Crippen molar-refractivity contribution in [1.82, 2.24) is 15.5 Å². The first-order valence-electron chi connectivity index (χ1n) is 4.13. The summed E-state index contributed by atoms with van der Waals surface area (Å²) < 4.78 is 4.70. The highest BCUT2D eigenvalue weighted by Gasteiger charge is 2.28. The van der Waals surface area contributed by atoms with Crippen molar-refractivity contribution in [2.24, 2.45) is 0 Å². The molecule has 0 aliphatic carbocycles. The van der Waals surface area contributed by atoms with Gasteiger partial charge in [-0.25, -0.2) is 0 Å². The third kappa shape index (κ3) is 2.62. The number of methoxy groups -OCH3 is 1. The summed E-state index contributed by atoms with van der Waals surface area (Å²) in [6, 6.07) is 0. The summed E-state index contributed by atoms with van der Waals surface area (Å²) in [6.45, 7) is 1.36. The number of hydrogen-bond donors (Lipinski definition) is 2. The highest BCUT2D eigenvalue weighted by atomic mass is 35.5. The molecular formula is C8H13Cl2N3O2. The minimum Gasteiger partial charge on any atom is -0.469 e. The summed E-state index contributed by atoms with van der Waals surface area (Å²) in [5.41, 5.74) is 1.92.